The quantitative estimate of drug-likeness (QED) is 0.487. The minimum atomic E-state index is -4.49. The van der Waals surface area contributed by atoms with Crippen LogP contribution in [0.4, 0.5) is 0 Å². The highest BCUT2D eigenvalue weighted by atomic mass is 32.2. The van der Waals surface area contributed by atoms with Crippen LogP contribution in [-0.2, 0) is 19.6 Å². The van der Waals surface area contributed by atoms with Gasteiger partial charge in [0, 0.05) is 5.92 Å². The summed E-state index contributed by atoms with van der Waals surface area (Å²) in [5, 5.41) is 0. The lowest BCUT2D eigenvalue weighted by Gasteiger charge is -2.14. The summed E-state index contributed by atoms with van der Waals surface area (Å²) in [4.78, 5) is 11.6. The molecule has 2 aliphatic rings. The van der Waals surface area contributed by atoms with Gasteiger partial charge in [0.15, 0.2) is 0 Å². The van der Waals surface area contributed by atoms with Gasteiger partial charge in [0.25, 0.3) is 10.1 Å². The number of carbonyl (C=O) groups excluding carboxylic acids is 1. The Kier molecular flexibility index (Phi) is 4.06. The summed E-state index contributed by atoms with van der Waals surface area (Å²) in [5.74, 6) is -1.42. The van der Waals surface area contributed by atoms with Gasteiger partial charge in [-0.3, -0.25) is 4.55 Å². The van der Waals surface area contributed by atoms with E-state index in [1.165, 1.54) is 6.92 Å². The molecule has 0 aromatic heterocycles. The van der Waals surface area contributed by atoms with Crippen LogP contribution in [0.3, 0.4) is 0 Å². The highest BCUT2D eigenvalue weighted by molar-refractivity contribution is 7.89. The smallest absolute Gasteiger partial charge is 0.335 e. The van der Waals surface area contributed by atoms with Crippen LogP contribution in [0.2, 0.25) is 0 Å². The molecule has 0 aromatic rings. The number of carbonyl (C=O) groups is 1. The Morgan fingerprint density at radius 2 is 1.55 bits per heavy atom. The van der Waals surface area contributed by atoms with Gasteiger partial charge in [-0.05, 0) is 19.1 Å². The second-order valence-electron chi connectivity index (χ2n) is 4.40. The molecular weight excluding hydrogens is 280 g/mol. The first-order chi connectivity index (χ1) is 9.39. The van der Waals surface area contributed by atoms with Crippen molar-refractivity contribution in [3.05, 3.63) is 59.1 Å². The van der Waals surface area contributed by atoms with Crippen molar-refractivity contribution in [2.24, 2.45) is 5.92 Å². The Balaban J connectivity index is 2.31. The van der Waals surface area contributed by atoms with Gasteiger partial charge >= 0.3 is 5.97 Å². The van der Waals surface area contributed by atoms with E-state index in [1.807, 2.05) is 0 Å². The predicted octanol–water partition coefficient (Wildman–Crippen LogP) is 1.93. The van der Waals surface area contributed by atoms with Gasteiger partial charge in [-0.25, -0.2) is 4.79 Å². The van der Waals surface area contributed by atoms with Crippen LogP contribution < -0.4 is 0 Å². The molecule has 6 heteroatoms. The maximum atomic E-state index is 12.0. The Bertz CT molecular complexity index is 638. The number of hydrogen-bond donors (Lipinski definition) is 1. The molecule has 1 N–H and O–H groups in total. The van der Waals surface area contributed by atoms with E-state index in [0.29, 0.717) is 0 Å². The fourth-order valence-electron chi connectivity index (χ4n) is 2.02. The van der Waals surface area contributed by atoms with Gasteiger partial charge in [-0.2, -0.15) is 8.42 Å². The first kappa shape index (κ1) is 14.5. The number of esters is 1. The zero-order chi connectivity index (χ0) is 14.8. The van der Waals surface area contributed by atoms with E-state index in [4.69, 9.17) is 4.74 Å². The van der Waals surface area contributed by atoms with Gasteiger partial charge in [0.05, 0.1) is 10.5 Å². The molecule has 0 unspecified atom stereocenters. The molecule has 5 nitrogen and oxygen atoms in total. The molecule has 0 amide bonds. The molecule has 0 saturated heterocycles. The molecule has 0 aliphatic heterocycles. The Morgan fingerprint density at radius 1 is 1.05 bits per heavy atom. The Labute approximate surface area is 117 Å². The first-order valence-electron chi connectivity index (χ1n) is 5.99. The SMILES string of the molecule is CC(C(=O)OC1C=CC=C1)=C(C1C=CC=C1)S(=O)(=O)O. The van der Waals surface area contributed by atoms with Crippen LogP contribution in [0.25, 0.3) is 0 Å². The standard InChI is InChI=1S/C14H14O5S/c1-10(14(15)19-12-8-4-5-9-12)13(20(16,17)18)11-6-2-3-7-11/h2-9,11-12H,1H3,(H,16,17,18). The third kappa shape index (κ3) is 3.15. The largest absolute Gasteiger partial charge is 0.450 e. The second kappa shape index (κ2) is 5.60. The van der Waals surface area contributed by atoms with Crippen LogP contribution in [0.15, 0.2) is 59.1 Å². The maximum absolute atomic E-state index is 12.0. The average Bonchev–Trinajstić information content (AvgIpc) is 3.00. The van der Waals surface area contributed by atoms with Crippen molar-refractivity contribution in [3.8, 4) is 0 Å². The molecule has 0 saturated carbocycles. The van der Waals surface area contributed by atoms with Crippen LogP contribution >= 0.6 is 0 Å². The summed E-state index contributed by atoms with van der Waals surface area (Å²) in [6.45, 7) is 1.33. The molecule has 2 rings (SSSR count). The Morgan fingerprint density at radius 3 is 2.05 bits per heavy atom. The summed E-state index contributed by atoms with van der Waals surface area (Å²) in [7, 11) is -4.49. The van der Waals surface area contributed by atoms with Crippen molar-refractivity contribution >= 4 is 16.1 Å². The highest BCUT2D eigenvalue weighted by Gasteiger charge is 2.29. The van der Waals surface area contributed by atoms with E-state index < -0.39 is 28.1 Å². The van der Waals surface area contributed by atoms with E-state index in [-0.39, 0.29) is 10.5 Å². The van der Waals surface area contributed by atoms with Gasteiger partial charge in [0.2, 0.25) is 0 Å². The van der Waals surface area contributed by atoms with E-state index >= 15 is 0 Å². The lowest BCUT2D eigenvalue weighted by molar-refractivity contribution is -0.140. The molecule has 0 heterocycles. The van der Waals surface area contributed by atoms with Gasteiger partial charge in [-0.1, -0.05) is 36.5 Å². The van der Waals surface area contributed by atoms with Crippen LogP contribution in [-0.4, -0.2) is 25.0 Å². The fraction of sp³-hybridized carbons (Fsp3) is 0.214. The van der Waals surface area contributed by atoms with E-state index in [1.54, 1.807) is 48.6 Å². The Hall–Kier alpha value is -1.92. The summed E-state index contributed by atoms with van der Waals surface area (Å²) < 4.78 is 37.4. The number of ether oxygens (including phenoxy) is 1. The molecule has 20 heavy (non-hydrogen) atoms. The maximum Gasteiger partial charge on any atom is 0.335 e. The summed E-state index contributed by atoms with van der Waals surface area (Å²) in [5.41, 5.74) is -0.123. The van der Waals surface area contributed by atoms with Crippen LogP contribution in [0.1, 0.15) is 6.92 Å². The predicted molar refractivity (Wildman–Crippen MR) is 74.2 cm³/mol. The molecule has 0 fully saturated rings. The van der Waals surface area contributed by atoms with Crippen LogP contribution in [0.5, 0.6) is 0 Å². The van der Waals surface area contributed by atoms with Crippen molar-refractivity contribution in [3.63, 3.8) is 0 Å². The minimum absolute atomic E-state index is 0.123. The number of rotatable bonds is 4. The lowest BCUT2D eigenvalue weighted by Crippen LogP contribution is -2.19. The minimum Gasteiger partial charge on any atom is -0.450 e. The number of hydrogen-bond acceptors (Lipinski definition) is 4. The fourth-order valence-corrected chi connectivity index (χ4v) is 3.00. The van der Waals surface area contributed by atoms with Crippen molar-refractivity contribution in [2.45, 2.75) is 13.0 Å². The highest BCUT2D eigenvalue weighted by Crippen LogP contribution is 2.27. The topological polar surface area (TPSA) is 80.7 Å². The van der Waals surface area contributed by atoms with Crippen molar-refractivity contribution in [2.75, 3.05) is 0 Å². The zero-order valence-corrected chi connectivity index (χ0v) is 11.6. The van der Waals surface area contributed by atoms with Crippen molar-refractivity contribution in [1.29, 1.82) is 0 Å². The molecule has 0 bridgehead atoms. The summed E-state index contributed by atoms with van der Waals surface area (Å²) in [6.07, 6.45) is 12.7. The average molecular weight is 294 g/mol. The third-order valence-electron chi connectivity index (χ3n) is 2.96. The van der Waals surface area contributed by atoms with E-state index in [9.17, 15) is 17.8 Å². The van der Waals surface area contributed by atoms with Crippen molar-refractivity contribution in [1.82, 2.24) is 0 Å². The second-order valence-corrected chi connectivity index (χ2v) is 5.79. The number of allylic oxidation sites excluding steroid dienone is 7. The van der Waals surface area contributed by atoms with E-state index in [0.717, 1.165) is 0 Å². The van der Waals surface area contributed by atoms with E-state index in [2.05, 4.69) is 0 Å². The van der Waals surface area contributed by atoms with Crippen molar-refractivity contribution < 1.29 is 22.5 Å². The van der Waals surface area contributed by atoms with Gasteiger partial charge in [-0.15, -0.1) is 0 Å². The molecule has 2 aliphatic carbocycles. The molecule has 0 radical (unpaired) electrons. The lowest BCUT2D eigenvalue weighted by atomic mass is 10.1. The molecular formula is C14H14O5S. The summed E-state index contributed by atoms with van der Waals surface area (Å²) in [6, 6.07) is 0. The normalized spacial score (nSPS) is 19.7. The molecule has 0 spiro atoms. The first-order valence-corrected chi connectivity index (χ1v) is 7.43. The molecule has 0 atom stereocenters. The van der Waals surface area contributed by atoms with Gasteiger partial charge in [0.1, 0.15) is 6.10 Å². The molecule has 0 aromatic carbocycles. The zero-order valence-electron chi connectivity index (χ0n) is 10.8. The van der Waals surface area contributed by atoms with Gasteiger partial charge < -0.3 is 4.74 Å². The monoisotopic (exact) mass is 294 g/mol. The third-order valence-corrected chi connectivity index (χ3v) is 4.09. The van der Waals surface area contributed by atoms with Crippen LogP contribution in [0, 0.1) is 5.92 Å². The summed E-state index contributed by atoms with van der Waals surface area (Å²) >= 11 is 0. The molecule has 106 valence electrons.